The number of hydrogen-bond donors (Lipinski definition) is 0. The van der Waals surface area contributed by atoms with Crippen LogP contribution >= 0.6 is 11.6 Å². The summed E-state index contributed by atoms with van der Waals surface area (Å²) in [5.74, 6) is -0.308. The van der Waals surface area contributed by atoms with Crippen LogP contribution in [0.5, 0.6) is 0 Å². The zero-order valence-electron chi connectivity index (χ0n) is 11.0. The van der Waals surface area contributed by atoms with Crippen molar-refractivity contribution in [3.8, 4) is 6.07 Å². The van der Waals surface area contributed by atoms with Crippen LogP contribution in [0.25, 0.3) is 0 Å². The first kappa shape index (κ1) is 13.1. The van der Waals surface area contributed by atoms with Crippen molar-refractivity contribution in [1.82, 2.24) is 0 Å². The Kier molecular flexibility index (Phi) is 3.02. The highest BCUT2D eigenvalue weighted by molar-refractivity contribution is 6.36. The van der Waals surface area contributed by atoms with E-state index in [1.807, 2.05) is 6.07 Å². The minimum absolute atomic E-state index is 0.157. The molecule has 2 aliphatic rings. The van der Waals surface area contributed by atoms with Gasteiger partial charge in [-0.3, -0.25) is 9.59 Å². The molecule has 20 heavy (non-hydrogen) atoms. The fourth-order valence-corrected chi connectivity index (χ4v) is 3.54. The Morgan fingerprint density at radius 1 is 1.25 bits per heavy atom. The van der Waals surface area contributed by atoms with E-state index in [-0.39, 0.29) is 28.7 Å². The van der Waals surface area contributed by atoms with E-state index >= 15 is 0 Å². The van der Waals surface area contributed by atoms with E-state index in [1.54, 1.807) is 12.1 Å². The van der Waals surface area contributed by atoms with Gasteiger partial charge in [0, 0.05) is 0 Å². The minimum atomic E-state index is -0.204. The second kappa shape index (κ2) is 4.60. The van der Waals surface area contributed by atoms with E-state index in [9.17, 15) is 9.59 Å². The van der Waals surface area contributed by atoms with Gasteiger partial charge < -0.3 is 0 Å². The van der Waals surface area contributed by atoms with Crippen molar-refractivity contribution < 1.29 is 9.59 Å². The van der Waals surface area contributed by atoms with Gasteiger partial charge in [-0.1, -0.05) is 18.5 Å². The molecule has 2 unspecified atom stereocenters. The molecular weight excluding hydrogens is 276 g/mol. The summed E-state index contributed by atoms with van der Waals surface area (Å²) < 4.78 is 0. The predicted octanol–water partition coefficient (Wildman–Crippen LogP) is 2.75. The number of nitriles is 1. The van der Waals surface area contributed by atoms with Crippen molar-refractivity contribution in [1.29, 1.82) is 5.26 Å². The van der Waals surface area contributed by atoms with Gasteiger partial charge in [-0.05, 0) is 37.0 Å². The number of carbonyl (C=O) groups excluding carboxylic acids is 2. The van der Waals surface area contributed by atoms with Crippen LogP contribution in [0.3, 0.4) is 0 Å². The van der Waals surface area contributed by atoms with E-state index in [0.717, 1.165) is 12.8 Å². The molecular formula is C15H13ClN2O2. The number of imide groups is 1. The van der Waals surface area contributed by atoms with Crippen molar-refractivity contribution in [2.24, 2.45) is 17.8 Å². The molecule has 0 aromatic heterocycles. The maximum Gasteiger partial charge on any atom is 0.237 e. The summed E-state index contributed by atoms with van der Waals surface area (Å²) in [5, 5.41) is 9.09. The molecule has 5 heteroatoms. The van der Waals surface area contributed by atoms with Gasteiger partial charge in [-0.2, -0.15) is 5.26 Å². The monoisotopic (exact) mass is 288 g/mol. The number of rotatable bonds is 1. The number of fused-ring (bicyclic) bond motifs is 1. The standard InChI is InChI=1S/C15H13ClN2O2/c1-8-4-10-11(5-8)15(20)18(14(10)19)13-3-2-9(7-17)6-12(13)16/h2-3,6,8,10-11H,4-5H2,1H3. The summed E-state index contributed by atoms with van der Waals surface area (Å²) in [4.78, 5) is 26.1. The number of carbonyl (C=O) groups is 2. The van der Waals surface area contributed by atoms with Crippen LogP contribution in [0, 0.1) is 29.1 Å². The predicted molar refractivity (Wildman–Crippen MR) is 74.0 cm³/mol. The smallest absolute Gasteiger partial charge is 0.237 e. The van der Waals surface area contributed by atoms with Crippen LogP contribution in [0.2, 0.25) is 5.02 Å². The Morgan fingerprint density at radius 3 is 2.35 bits per heavy atom. The fraction of sp³-hybridized carbons (Fsp3) is 0.400. The molecule has 1 aromatic rings. The van der Waals surface area contributed by atoms with Gasteiger partial charge >= 0.3 is 0 Å². The first-order valence-electron chi connectivity index (χ1n) is 6.60. The molecule has 0 spiro atoms. The Bertz CT molecular complexity index is 626. The largest absolute Gasteiger partial charge is 0.274 e. The second-order valence-corrected chi connectivity index (χ2v) is 5.99. The topological polar surface area (TPSA) is 61.2 Å². The summed E-state index contributed by atoms with van der Waals surface area (Å²) in [6.45, 7) is 2.07. The highest BCUT2D eigenvalue weighted by atomic mass is 35.5. The summed E-state index contributed by atoms with van der Waals surface area (Å²) in [7, 11) is 0. The molecule has 1 saturated heterocycles. The summed E-state index contributed by atoms with van der Waals surface area (Å²) in [6, 6.07) is 6.60. The van der Waals surface area contributed by atoms with Gasteiger partial charge in [0.25, 0.3) is 0 Å². The minimum Gasteiger partial charge on any atom is -0.274 e. The van der Waals surface area contributed by atoms with Crippen LogP contribution in [0.15, 0.2) is 18.2 Å². The summed E-state index contributed by atoms with van der Waals surface area (Å²) >= 11 is 6.11. The highest BCUT2D eigenvalue weighted by Gasteiger charge is 2.52. The molecule has 1 aromatic carbocycles. The van der Waals surface area contributed by atoms with Crippen molar-refractivity contribution in [2.75, 3.05) is 4.90 Å². The van der Waals surface area contributed by atoms with Gasteiger partial charge in [-0.25, -0.2) is 4.90 Å². The lowest BCUT2D eigenvalue weighted by Gasteiger charge is -2.18. The lowest BCUT2D eigenvalue weighted by Crippen LogP contribution is -2.32. The third-order valence-corrected chi connectivity index (χ3v) is 4.49. The van der Waals surface area contributed by atoms with Gasteiger partial charge in [0.1, 0.15) is 0 Å². The Hall–Kier alpha value is -1.86. The molecule has 0 bridgehead atoms. The van der Waals surface area contributed by atoms with E-state index in [4.69, 9.17) is 16.9 Å². The molecule has 1 aliphatic carbocycles. The van der Waals surface area contributed by atoms with Gasteiger partial charge in [-0.15, -0.1) is 0 Å². The molecule has 2 fully saturated rings. The van der Waals surface area contributed by atoms with E-state index in [0.29, 0.717) is 17.2 Å². The van der Waals surface area contributed by atoms with Crippen LogP contribution < -0.4 is 4.90 Å². The van der Waals surface area contributed by atoms with Crippen molar-refractivity contribution >= 4 is 29.1 Å². The third-order valence-electron chi connectivity index (χ3n) is 4.19. The normalized spacial score (nSPS) is 28.6. The molecule has 2 amide bonds. The molecule has 1 heterocycles. The SMILES string of the molecule is CC1CC2C(=O)N(c3ccc(C#N)cc3Cl)C(=O)C2C1. The molecule has 0 radical (unpaired) electrons. The molecule has 1 aliphatic heterocycles. The molecule has 4 nitrogen and oxygen atoms in total. The van der Waals surface area contributed by atoms with Crippen LogP contribution in [-0.4, -0.2) is 11.8 Å². The maximum atomic E-state index is 12.4. The van der Waals surface area contributed by atoms with E-state index in [2.05, 4.69) is 6.92 Å². The van der Waals surface area contributed by atoms with Gasteiger partial charge in [0.2, 0.25) is 11.8 Å². The Balaban J connectivity index is 1.98. The van der Waals surface area contributed by atoms with Crippen molar-refractivity contribution in [3.63, 3.8) is 0 Å². The Labute approximate surface area is 121 Å². The molecule has 1 saturated carbocycles. The quantitative estimate of drug-likeness (QED) is 0.747. The zero-order chi connectivity index (χ0) is 14.4. The Morgan fingerprint density at radius 2 is 1.85 bits per heavy atom. The first-order chi connectivity index (χ1) is 9.52. The zero-order valence-corrected chi connectivity index (χ0v) is 11.7. The molecule has 0 N–H and O–H groups in total. The second-order valence-electron chi connectivity index (χ2n) is 5.58. The number of nitrogens with zero attached hydrogens (tertiary/aromatic N) is 2. The molecule has 3 rings (SSSR count). The van der Waals surface area contributed by atoms with Gasteiger partial charge in [0.15, 0.2) is 0 Å². The van der Waals surface area contributed by atoms with E-state index in [1.165, 1.54) is 11.0 Å². The van der Waals surface area contributed by atoms with Crippen LogP contribution in [-0.2, 0) is 9.59 Å². The number of anilines is 1. The van der Waals surface area contributed by atoms with Crippen LogP contribution in [0.4, 0.5) is 5.69 Å². The first-order valence-corrected chi connectivity index (χ1v) is 6.98. The number of halogens is 1. The third kappa shape index (κ3) is 1.82. The molecule has 102 valence electrons. The van der Waals surface area contributed by atoms with Gasteiger partial charge in [0.05, 0.1) is 34.2 Å². The lowest BCUT2D eigenvalue weighted by atomic mass is 10.00. The average molecular weight is 289 g/mol. The van der Waals surface area contributed by atoms with E-state index < -0.39 is 0 Å². The summed E-state index contributed by atoms with van der Waals surface area (Å²) in [6.07, 6.45) is 1.53. The summed E-state index contributed by atoms with van der Waals surface area (Å²) in [5.41, 5.74) is 0.800. The number of benzene rings is 1. The van der Waals surface area contributed by atoms with Crippen LogP contribution in [0.1, 0.15) is 25.3 Å². The van der Waals surface area contributed by atoms with Crippen molar-refractivity contribution in [2.45, 2.75) is 19.8 Å². The average Bonchev–Trinajstić information content (AvgIpc) is 2.90. The highest BCUT2D eigenvalue weighted by Crippen LogP contribution is 2.45. The maximum absolute atomic E-state index is 12.4. The lowest BCUT2D eigenvalue weighted by molar-refractivity contribution is -0.123. The fourth-order valence-electron chi connectivity index (χ4n) is 3.27. The number of hydrogen-bond acceptors (Lipinski definition) is 3. The van der Waals surface area contributed by atoms with Crippen molar-refractivity contribution in [3.05, 3.63) is 28.8 Å². The molecule has 2 atom stereocenters. The number of amides is 2.